The van der Waals surface area contributed by atoms with Crippen LogP contribution in [-0.4, -0.2) is 26.1 Å². The number of nitrogens with one attached hydrogen (secondary N) is 1. The maximum absolute atomic E-state index is 12.9. The zero-order valence-corrected chi connectivity index (χ0v) is 16.7. The van der Waals surface area contributed by atoms with Gasteiger partial charge in [-0.05, 0) is 31.0 Å². The molecule has 148 valence electrons. The van der Waals surface area contributed by atoms with Crippen LogP contribution in [0.5, 0.6) is 5.75 Å². The van der Waals surface area contributed by atoms with E-state index in [4.69, 9.17) is 9.72 Å². The van der Waals surface area contributed by atoms with E-state index in [2.05, 4.69) is 33.6 Å². The Bertz CT molecular complexity index is 1180. The fourth-order valence-corrected chi connectivity index (χ4v) is 3.50. The number of hydrogen-bond donors (Lipinski definition) is 1. The minimum Gasteiger partial charge on any atom is -0.493 e. The minimum atomic E-state index is -0.236. The molecular formula is C23H24N4O2. The highest BCUT2D eigenvalue weighted by atomic mass is 16.5. The number of para-hydroxylation sites is 1. The van der Waals surface area contributed by atoms with E-state index in [-0.39, 0.29) is 5.56 Å². The predicted molar refractivity (Wildman–Crippen MR) is 114 cm³/mol. The van der Waals surface area contributed by atoms with Crippen molar-refractivity contribution in [3.8, 4) is 17.1 Å². The van der Waals surface area contributed by atoms with Gasteiger partial charge in [0.05, 0.1) is 12.2 Å². The van der Waals surface area contributed by atoms with E-state index < -0.39 is 0 Å². The Balaban J connectivity index is 1.87. The maximum Gasteiger partial charge on any atom is 0.279 e. The van der Waals surface area contributed by atoms with E-state index in [1.54, 1.807) is 0 Å². The molecule has 0 spiro atoms. The van der Waals surface area contributed by atoms with Crippen molar-refractivity contribution in [3.63, 3.8) is 0 Å². The molecule has 4 aromatic rings. The van der Waals surface area contributed by atoms with Crippen LogP contribution >= 0.6 is 0 Å². The summed E-state index contributed by atoms with van der Waals surface area (Å²) in [5.74, 6) is 2.04. The molecule has 29 heavy (non-hydrogen) atoms. The lowest BCUT2D eigenvalue weighted by Gasteiger charge is -2.10. The normalized spacial score (nSPS) is 11.1. The molecule has 0 bridgehead atoms. The van der Waals surface area contributed by atoms with Crippen LogP contribution in [0.25, 0.3) is 22.6 Å². The quantitative estimate of drug-likeness (QED) is 0.515. The first-order valence-electron chi connectivity index (χ1n) is 9.96. The van der Waals surface area contributed by atoms with Gasteiger partial charge in [0.1, 0.15) is 17.4 Å². The van der Waals surface area contributed by atoms with Crippen LogP contribution < -0.4 is 10.3 Å². The van der Waals surface area contributed by atoms with Gasteiger partial charge in [0.25, 0.3) is 5.56 Å². The molecule has 6 nitrogen and oxygen atoms in total. The predicted octanol–water partition coefficient (Wildman–Crippen LogP) is 4.19. The van der Waals surface area contributed by atoms with Crippen molar-refractivity contribution in [2.45, 2.75) is 33.2 Å². The van der Waals surface area contributed by atoms with Gasteiger partial charge in [-0.2, -0.15) is 0 Å². The molecule has 0 aliphatic heterocycles. The average Bonchev–Trinajstić information content (AvgIpc) is 3.08. The van der Waals surface area contributed by atoms with E-state index in [0.717, 1.165) is 29.9 Å². The summed E-state index contributed by atoms with van der Waals surface area (Å²) in [6, 6.07) is 17.7. The van der Waals surface area contributed by atoms with E-state index in [1.165, 1.54) is 0 Å². The number of hydrogen-bond acceptors (Lipinski definition) is 4. The Morgan fingerprint density at radius 3 is 2.52 bits per heavy atom. The van der Waals surface area contributed by atoms with Crippen molar-refractivity contribution >= 4 is 11.2 Å². The van der Waals surface area contributed by atoms with Gasteiger partial charge in [-0.1, -0.05) is 49.4 Å². The second kappa shape index (κ2) is 8.31. The lowest BCUT2D eigenvalue weighted by atomic mass is 10.1. The lowest BCUT2D eigenvalue weighted by molar-refractivity contribution is 0.341. The number of imidazole rings is 1. The number of aryl methyl sites for hydroxylation is 1. The van der Waals surface area contributed by atoms with Crippen LogP contribution in [0.4, 0.5) is 0 Å². The molecule has 0 amide bonds. The van der Waals surface area contributed by atoms with E-state index in [0.29, 0.717) is 35.8 Å². The highest BCUT2D eigenvalue weighted by molar-refractivity contribution is 5.75. The van der Waals surface area contributed by atoms with Crippen molar-refractivity contribution in [2.75, 3.05) is 6.61 Å². The van der Waals surface area contributed by atoms with Crippen LogP contribution in [0.15, 0.2) is 59.4 Å². The fourth-order valence-electron chi connectivity index (χ4n) is 3.50. The Morgan fingerprint density at radius 1 is 1.00 bits per heavy atom. The number of H-pyrrole nitrogens is 1. The first-order valence-corrected chi connectivity index (χ1v) is 9.96. The average molecular weight is 388 g/mol. The summed E-state index contributed by atoms with van der Waals surface area (Å²) in [6.07, 6.45) is 1.58. The van der Waals surface area contributed by atoms with Gasteiger partial charge in [-0.15, -0.1) is 0 Å². The topological polar surface area (TPSA) is 72.8 Å². The number of nitrogens with zero attached hydrogens (tertiary/aromatic N) is 3. The highest BCUT2D eigenvalue weighted by Gasteiger charge is 2.18. The number of fused-ring (bicyclic) bond motifs is 1. The van der Waals surface area contributed by atoms with Crippen molar-refractivity contribution < 1.29 is 4.74 Å². The molecule has 0 saturated heterocycles. The number of rotatable bonds is 7. The summed E-state index contributed by atoms with van der Waals surface area (Å²) < 4.78 is 7.78. The van der Waals surface area contributed by atoms with Crippen molar-refractivity contribution in [1.29, 1.82) is 0 Å². The Hall–Kier alpha value is -3.41. The lowest BCUT2D eigenvalue weighted by Crippen LogP contribution is -2.11. The minimum absolute atomic E-state index is 0.236. The largest absolute Gasteiger partial charge is 0.493 e. The molecule has 0 radical (unpaired) electrons. The van der Waals surface area contributed by atoms with Gasteiger partial charge >= 0.3 is 0 Å². The molecule has 2 aromatic heterocycles. The van der Waals surface area contributed by atoms with E-state index in [1.807, 2.05) is 49.4 Å². The monoisotopic (exact) mass is 388 g/mol. The van der Waals surface area contributed by atoms with Gasteiger partial charge in [0, 0.05) is 13.0 Å². The molecule has 0 unspecified atom stereocenters. The summed E-state index contributed by atoms with van der Waals surface area (Å²) in [5.41, 5.74) is 2.67. The molecule has 2 heterocycles. The Labute approximate surface area is 169 Å². The Kier molecular flexibility index (Phi) is 5.42. The molecule has 1 N–H and O–H groups in total. The highest BCUT2D eigenvalue weighted by Crippen LogP contribution is 2.27. The molecular weight excluding hydrogens is 364 g/mol. The Morgan fingerprint density at radius 2 is 1.76 bits per heavy atom. The number of aromatic nitrogens is 4. The van der Waals surface area contributed by atoms with Crippen molar-refractivity contribution in [3.05, 3.63) is 76.3 Å². The van der Waals surface area contributed by atoms with Crippen LogP contribution in [0, 0.1) is 0 Å². The smallest absolute Gasteiger partial charge is 0.279 e. The van der Waals surface area contributed by atoms with Gasteiger partial charge in [0.15, 0.2) is 11.2 Å². The summed E-state index contributed by atoms with van der Waals surface area (Å²) in [6.45, 7) is 5.33. The van der Waals surface area contributed by atoms with Gasteiger partial charge in [0.2, 0.25) is 0 Å². The van der Waals surface area contributed by atoms with Gasteiger partial charge < -0.3 is 14.3 Å². The van der Waals surface area contributed by atoms with Crippen LogP contribution in [-0.2, 0) is 13.0 Å². The molecule has 0 aliphatic carbocycles. The van der Waals surface area contributed by atoms with Crippen molar-refractivity contribution in [1.82, 2.24) is 19.5 Å². The first kappa shape index (κ1) is 18.9. The molecule has 2 aromatic carbocycles. The first-order chi connectivity index (χ1) is 14.2. The van der Waals surface area contributed by atoms with Crippen LogP contribution in [0.2, 0.25) is 0 Å². The summed E-state index contributed by atoms with van der Waals surface area (Å²) >= 11 is 0. The summed E-state index contributed by atoms with van der Waals surface area (Å²) in [4.78, 5) is 25.2. The molecule has 6 heteroatoms. The number of aromatic amines is 1. The number of benzene rings is 2. The third-order valence-electron chi connectivity index (χ3n) is 4.78. The van der Waals surface area contributed by atoms with Gasteiger partial charge in [-0.3, -0.25) is 4.79 Å². The second-order valence-electron chi connectivity index (χ2n) is 6.86. The fraction of sp³-hybridized carbons (Fsp3) is 0.261. The number of ether oxygens (including phenoxy) is 1. The van der Waals surface area contributed by atoms with E-state index >= 15 is 0 Å². The summed E-state index contributed by atoms with van der Waals surface area (Å²) in [7, 11) is 0. The van der Waals surface area contributed by atoms with Crippen LogP contribution in [0.3, 0.4) is 0 Å². The van der Waals surface area contributed by atoms with Crippen LogP contribution in [0.1, 0.15) is 31.7 Å². The third-order valence-corrected chi connectivity index (χ3v) is 4.78. The molecule has 0 fully saturated rings. The van der Waals surface area contributed by atoms with Crippen molar-refractivity contribution in [2.24, 2.45) is 0 Å². The molecule has 0 saturated carbocycles. The molecule has 0 atom stereocenters. The standard InChI is InChI=1S/C23H24N4O2/c1-3-14-27-19(15-16-10-6-5-7-11-16)24-20-22(27)25-21(26-23(20)28)17-12-8-9-13-18(17)29-4-2/h5-13H,3-4,14-15H2,1-2H3,(H,25,26,28). The van der Waals surface area contributed by atoms with E-state index in [9.17, 15) is 4.79 Å². The third kappa shape index (κ3) is 3.78. The molecule has 4 rings (SSSR count). The second-order valence-corrected chi connectivity index (χ2v) is 6.86. The maximum atomic E-state index is 12.9. The zero-order chi connectivity index (χ0) is 20.2. The molecule has 0 aliphatic rings. The zero-order valence-electron chi connectivity index (χ0n) is 16.7. The summed E-state index contributed by atoms with van der Waals surface area (Å²) in [5, 5.41) is 0. The van der Waals surface area contributed by atoms with Gasteiger partial charge in [-0.25, -0.2) is 9.97 Å². The SMILES string of the molecule is CCCn1c(Cc2ccccc2)nc2c(=O)[nH]c(-c3ccccc3OCC)nc21.